The molecule has 1 heterocycles. The van der Waals surface area contributed by atoms with Crippen molar-refractivity contribution < 1.29 is 19.4 Å². The van der Waals surface area contributed by atoms with E-state index < -0.39 is 23.7 Å². The second-order valence-electron chi connectivity index (χ2n) is 6.57. The number of halogens is 1. The second-order valence-corrected chi connectivity index (χ2v) is 7.01. The van der Waals surface area contributed by atoms with Crippen molar-refractivity contribution in [1.82, 2.24) is 4.90 Å². The summed E-state index contributed by atoms with van der Waals surface area (Å²) in [6.07, 6.45) is -0.304. The Bertz CT molecular complexity index is 600. The Hall–Kier alpha value is -1.95. The molecular weight excluding hydrogens is 320 g/mol. The Labute approximate surface area is 140 Å². The van der Waals surface area contributed by atoms with Gasteiger partial charge in [-0.05, 0) is 39.0 Å². The molecule has 6 nitrogen and oxygen atoms in total. The van der Waals surface area contributed by atoms with E-state index in [1.165, 1.54) is 4.90 Å². The molecule has 0 aliphatic carbocycles. The highest BCUT2D eigenvalue weighted by Gasteiger charge is 2.41. The highest BCUT2D eigenvalue weighted by molar-refractivity contribution is 6.30. The van der Waals surface area contributed by atoms with Crippen molar-refractivity contribution in [3.8, 4) is 0 Å². The molecule has 1 saturated heterocycles. The summed E-state index contributed by atoms with van der Waals surface area (Å²) in [7, 11) is 0. The lowest BCUT2D eigenvalue weighted by molar-refractivity contribution is -0.142. The van der Waals surface area contributed by atoms with Crippen LogP contribution in [0.3, 0.4) is 0 Å². The van der Waals surface area contributed by atoms with Gasteiger partial charge in [-0.1, -0.05) is 17.7 Å². The van der Waals surface area contributed by atoms with Gasteiger partial charge in [0, 0.05) is 29.7 Å². The molecule has 0 aromatic heterocycles. The van der Waals surface area contributed by atoms with Crippen molar-refractivity contribution >= 4 is 29.4 Å². The molecule has 1 aromatic rings. The van der Waals surface area contributed by atoms with Crippen LogP contribution in [0, 0.1) is 0 Å². The molecule has 0 saturated carbocycles. The molecule has 1 unspecified atom stereocenters. The largest absolute Gasteiger partial charge is 0.480 e. The number of nitrogens with one attached hydrogen (secondary N) is 1. The van der Waals surface area contributed by atoms with E-state index in [2.05, 4.69) is 5.32 Å². The molecule has 7 heteroatoms. The van der Waals surface area contributed by atoms with E-state index in [9.17, 15) is 14.7 Å². The standard InChI is InChI=1S/C16H21ClN2O4/c1-16(2,3)23-15(22)19-9-12(8-13(19)14(20)21)18-11-6-4-5-10(17)7-11/h4-7,12-13,18H,8-9H2,1-3H3,(H,20,21)/t12?,13-/m0/s1. The zero-order valence-electron chi connectivity index (χ0n) is 13.4. The molecule has 2 N–H and O–H groups in total. The maximum Gasteiger partial charge on any atom is 0.411 e. The molecule has 0 bridgehead atoms. The first kappa shape index (κ1) is 17.4. The summed E-state index contributed by atoms with van der Waals surface area (Å²) in [5.74, 6) is -1.04. The van der Waals surface area contributed by atoms with Gasteiger partial charge in [-0.3, -0.25) is 4.90 Å². The number of hydrogen-bond donors (Lipinski definition) is 2. The Morgan fingerprint density at radius 3 is 2.65 bits per heavy atom. The maximum absolute atomic E-state index is 12.2. The molecule has 126 valence electrons. The zero-order chi connectivity index (χ0) is 17.2. The molecule has 1 aliphatic heterocycles. The van der Waals surface area contributed by atoms with Crippen molar-refractivity contribution in [2.75, 3.05) is 11.9 Å². The lowest BCUT2D eigenvalue weighted by Crippen LogP contribution is -2.43. The van der Waals surface area contributed by atoms with Gasteiger partial charge in [0.1, 0.15) is 11.6 Å². The monoisotopic (exact) mass is 340 g/mol. The first-order valence-electron chi connectivity index (χ1n) is 7.40. The zero-order valence-corrected chi connectivity index (χ0v) is 14.1. The highest BCUT2D eigenvalue weighted by Crippen LogP contribution is 2.25. The average molecular weight is 341 g/mol. The molecule has 2 atom stereocenters. The molecule has 1 amide bonds. The Balaban J connectivity index is 2.08. The highest BCUT2D eigenvalue weighted by atomic mass is 35.5. The minimum Gasteiger partial charge on any atom is -0.480 e. The van der Waals surface area contributed by atoms with Gasteiger partial charge in [0.15, 0.2) is 0 Å². The predicted molar refractivity (Wildman–Crippen MR) is 87.8 cm³/mol. The van der Waals surface area contributed by atoms with Crippen molar-refractivity contribution in [2.45, 2.75) is 44.9 Å². The summed E-state index contributed by atoms with van der Waals surface area (Å²) < 4.78 is 5.29. The van der Waals surface area contributed by atoms with Crippen LogP contribution in [-0.2, 0) is 9.53 Å². The summed E-state index contributed by atoms with van der Waals surface area (Å²) >= 11 is 5.94. The lowest BCUT2D eigenvalue weighted by Gasteiger charge is -2.26. The third-order valence-electron chi connectivity index (χ3n) is 3.41. The van der Waals surface area contributed by atoms with E-state index in [4.69, 9.17) is 16.3 Å². The number of benzene rings is 1. The van der Waals surface area contributed by atoms with Crippen LogP contribution in [0.15, 0.2) is 24.3 Å². The Morgan fingerprint density at radius 2 is 2.09 bits per heavy atom. The van der Waals surface area contributed by atoms with Crippen LogP contribution >= 0.6 is 11.6 Å². The number of likely N-dealkylation sites (tertiary alicyclic amines) is 1. The number of nitrogens with zero attached hydrogens (tertiary/aromatic N) is 1. The van der Waals surface area contributed by atoms with E-state index >= 15 is 0 Å². The van der Waals surface area contributed by atoms with Crippen LogP contribution in [-0.4, -0.2) is 46.3 Å². The van der Waals surface area contributed by atoms with Gasteiger partial charge >= 0.3 is 12.1 Å². The molecule has 0 spiro atoms. The minimum absolute atomic E-state index is 0.179. The fourth-order valence-electron chi connectivity index (χ4n) is 2.51. The number of anilines is 1. The van der Waals surface area contributed by atoms with Gasteiger partial charge in [-0.15, -0.1) is 0 Å². The number of carboxylic acids is 1. The molecule has 2 rings (SSSR count). The van der Waals surface area contributed by atoms with Crippen LogP contribution in [0.5, 0.6) is 0 Å². The van der Waals surface area contributed by atoms with Crippen LogP contribution in [0.25, 0.3) is 0 Å². The number of ether oxygens (including phenoxy) is 1. The average Bonchev–Trinajstić information content (AvgIpc) is 2.81. The maximum atomic E-state index is 12.2. The lowest BCUT2D eigenvalue weighted by atomic mass is 10.1. The van der Waals surface area contributed by atoms with Gasteiger partial charge in [0.2, 0.25) is 0 Å². The summed E-state index contributed by atoms with van der Waals surface area (Å²) in [5.41, 5.74) is 0.121. The van der Waals surface area contributed by atoms with E-state index in [0.717, 1.165) is 5.69 Å². The Morgan fingerprint density at radius 1 is 1.39 bits per heavy atom. The van der Waals surface area contributed by atoms with Crippen LogP contribution in [0.4, 0.5) is 10.5 Å². The van der Waals surface area contributed by atoms with Gasteiger partial charge in [0.25, 0.3) is 0 Å². The van der Waals surface area contributed by atoms with Gasteiger partial charge in [-0.25, -0.2) is 9.59 Å². The second kappa shape index (κ2) is 6.66. The van der Waals surface area contributed by atoms with Crippen molar-refractivity contribution in [1.29, 1.82) is 0 Å². The molecular formula is C16H21ClN2O4. The van der Waals surface area contributed by atoms with Crippen molar-refractivity contribution in [2.24, 2.45) is 0 Å². The normalized spacial score (nSPS) is 21.1. The fourth-order valence-corrected chi connectivity index (χ4v) is 2.70. The number of carbonyl (C=O) groups excluding carboxylic acids is 1. The third kappa shape index (κ3) is 4.76. The first-order valence-corrected chi connectivity index (χ1v) is 7.78. The van der Waals surface area contributed by atoms with Crippen LogP contribution < -0.4 is 5.32 Å². The SMILES string of the molecule is CC(C)(C)OC(=O)N1CC(Nc2cccc(Cl)c2)C[C@H]1C(=O)O. The summed E-state index contributed by atoms with van der Waals surface area (Å²) in [4.78, 5) is 24.9. The number of rotatable bonds is 3. The number of carbonyl (C=O) groups is 2. The van der Waals surface area contributed by atoms with Crippen LogP contribution in [0.1, 0.15) is 27.2 Å². The molecule has 1 fully saturated rings. The fraction of sp³-hybridized carbons (Fsp3) is 0.500. The molecule has 1 aliphatic rings. The van der Waals surface area contributed by atoms with E-state index in [1.807, 2.05) is 6.07 Å². The van der Waals surface area contributed by atoms with Gasteiger partial charge < -0.3 is 15.2 Å². The van der Waals surface area contributed by atoms with Crippen molar-refractivity contribution in [3.05, 3.63) is 29.3 Å². The van der Waals surface area contributed by atoms with Gasteiger partial charge in [-0.2, -0.15) is 0 Å². The molecule has 1 aromatic carbocycles. The topological polar surface area (TPSA) is 78.9 Å². The number of hydrogen-bond acceptors (Lipinski definition) is 4. The van der Waals surface area contributed by atoms with Crippen LogP contribution in [0.2, 0.25) is 5.02 Å². The van der Waals surface area contributed by atoms with Crippen molar-refractivity contribution in [3.63, 3.8) is 0 Å². The predicted octanol–water partition coefficient (Wildman–Crippen LogP) is 3.21. The molecule has 0 radical (unpaired) electrons. The molecule has 23 heavy (non-hydrogen) atoms. The quantitative estimate of drug-likeness (QED) is 0.883. The number of carboxylic acid groups (broad SMARTS) is 1. The summed E-state index contributed by atoms with van der Waals surface area (Å²) in [5, 5.41) is 13.2. The van der Waals surface area contributed by atoms with Gasteiger partial charge in [0.05, 0.1) is 0 Å². The van der Waals surface area contributed by atoms with E-state index in [1.54, 1.807) is 39.0 Å². The third-order valence-corrected chi connectivity index (χ3v) is 3.64. The smallest absolute Gasteiger partial charge is 0.411 e. The summed E-state index contributed by atoms with van der Waals surface area (Å²) in [6, 6.07) is 6.09. The van der Waals surface area contributed by atoms with E-state index in [0.29, 0.717) is 11.4 Å². The number of aliphatic carboxylic acids is 1. The Kier molecular flexibility index (Phi) is 5.04. The number of amides is 1. The summed E-state index contributed by atoms with van der Waals surface area (Å²) in [6.45, 7) is 5.51. The first-order chi connectivity index (χ1) is 10.7. The minimum atomic E-state index is -1.04. The van der Waals surface area contributed by atoms with E-state index in [-0.39, 0.29) is 12.6 Å².